The van der Waals surface area contributed by atoms with Gasteiger partial charge in [-0.2, -0.15) is 0 Å². The highest BCUT2D eigenvalue weighted by Gasteiger charge is 2.22. The van der Waals surface area contributed by atoms with Crippen molar-refractivity contribution in [1.29, 1.82) is 0 Å². The number of rotatable bonds is 16. The van der Waals surface area contributed by atoms with Crippen molar-refractivity contribution in [2.24, 2.45) is 5.41 Å². The number of allylic oxidation sites excluding steroid dienone is 8. The summed E-state index contributed by atoms with van der Waals surface area (Å²) in [6.45, 7) is 32.2. The van der Waals surface area contributed by atoms with Crippen LogP contribution in [0.3, 0.4) is 0 Å². The number of aryl methyl sites for hydroxylation is 2. The zero-order valence-corrected chi connectivity index (χ0v) is 43.1. The number of aromatic nitrogens is 2. The van der Waals surface area contributed by atoms with E-state index in [-0.39, 0.29) is 10.8 Å². The molecule has 0 aliphatic heterocycles. The van der Waals surface area contributed by atoms with Gasteiger partial charge in [-0.05, 0) is 139 Å². The van der Waals surface area contributed by atoms with Crippen molar-refractivity contribution in [1.82, 2.24) is 9.97 Å². The molecule has 66 heavy (non-hydrogen) atoms. The Morgan fingerprint density at radius 3 is 1.55 bits per heavy atom. The lowest BCUT2D eigenvalue weighted by Crippen LogP contribution is -2.11. The summed E-state index contributed by atoms with van der Waals surface area (Å²) in [6.07, 6.45) is 13.6. The third kappa shape index (κ3) is 11.7. The molecule has 5 aromatic carbocycles. The second-order valence-corrected chi connectivity index (χ2v) is 20.8. The van der Waals surface area contributed by atoms with Gasteiger partial charge in [0.2, 0.25) is 0 Å². The van der Waals surface area contributed by atoms with Crippen LogP contribution in [0.1, 0.15) is 168 Å². The third-order valence-corrected chi connectivity index (χ3v) is 13.7. The third-order valence-electron chi connectivity index (χ3n) is 13.7. The predicted octanol–water partition coefficient (Wildman–Crippen LogP) is 19.3. The predicted molar refractivity (Wildman–Crippen MR) is 291 cm³/mol. The van der Waals surface area contributed by atoms with Crippen LogP contribution < -0.4 is 0 Å². The maximum absolute atomic E-state index is 5.76. The highest BCUT2D eigenvalue weighted by Crippen LogP contribution is 2.40. The molecule has 2 heteroatoms. The molecule has 344 valence electrons. The van der Waals surface area contributed by atoms with Crippen LogP contribution in [0.2, 0.25) is 0 Å². The minimum atomic E-state index is 0.0791. The van der Waals surface area contributed by atoms with E-state index in [4.69, 9.17) is 9.97 Å². The molecule has 0 unspecified atom stereocenters. The first-order chi connectivity index (χ1) is 31.5. The average Bonchev–Trinajstić information content (AvgIpc) is 3.30. The van der Waals surface area contributed by atoms with Crippen LogP contribution in [0, 0.1) is 19.3 Å². The molecule has 6 aromatic rings. The van der Waals surface area contributed by atoms with Gasteiger partial charge in [-0.15, -0.1) is 0 Å². The first-order valence-corrected chi connectivity index (χ1v) is 24.9. The summed E-state index contributed by atoms with van der Waals surface area (Å²) >= 11 is 0. The number of unbranched alkanes of at least 4 members (excludes halogenated alkanes) is 2. The van der Waals surface area contributed by atoms with Crippen molar-refractivity contribution >= 4 is 27.8 Å². The normalized spacial score (nSPS) is 13.5. The molecule has 2 nitrogen and oxygen atoms in total. The van der Waals surface area contributed by atoms with E-state index in [0.29, 0.717) is 0 Å². The van der Waals surface area contributed by atoms with Crippen LogP contribution >= 0.6 is 0 Å². The first-order valence-electron chi connectivity index (χ1n) is 24.9. The van der Waals surface area contributed by atoms with E-state index in [1.807, 2.05) is 0 Å². The van der Waals surface area contributed by atoms with Gasteiger partial charge in [-0.25, -0.2) is 9.97 Å². The average molecular weight is 875 g/mol. The summed E-state index contributed by atoms with van der Waals surface area (Å²) in [5, 5.41) is 0. The summed E-state index contributed by atoms with van der Waals surface area (Å²) in [7, 11) is 0. The monoisotopic (exact) mass is 875 g/mol. The zero-order valence-electron chi connectivity index (χ0n) is 43.1. The number of fused-ring (bicyclic) bond motifs is 1. The maximum Gasteiger partial charge on any atom is 0.0976 e. The molecule has 0 saturated carbocycles. The Balaban J connectivity index is 1.60. The smallest absolute Gasteiger partial charge is 0.0976 e. The number of nitrogens with zero attached hydrogens (tertiary/aromatic N) is 2. The van der Waals surface area contributed by atoms with E-state index in [2.05, 4.69) is 218 Å². The van der Waals surface area contributed by atoms with Crippen molar-refractivity contribution in [3.63, 3.8) is 0 Å². The quantitative estimate of drug-likeness (QED) is 0.0906. The van der Waals surface area contributed by atoms with Gasteiger partial charge in [0.15, 0.2) is 0 Å². The highest BCUT2D eigenvalue weighted by atomic mass is 14.8. The van der Waals surface area contributed by atoms with E-state index < -0.39 is 0 Å². The largest absolute Gasteiger partial charge is 0.243 e. The molecule has 0 aliphatic carbocycles. The molecule has 0 N–H and O–H groups in total. The molecule has 0 saturated heterocycles. The standard InChI is InChI=1S/C64H78N2/c1-15-18-27-50(46(7)51-33-35-55(43(4)39-51)56-36-34-54(41-45(56)6)64(12,13)14)42-53(26-17-3)58-38-37-57(44(5)40-52(28-19-16-2)47(8)63(9,10)11)61-62(58)66-60(49-31-24-21-25-32-49)59(65-61)48-29-22-20-23-30-48/h20-25,29-42H,15-19,26-28H2,1-14H3/b44-40+,50-46+,52-47+,53-42+. The van der Waals surface area contributed by atoms with Gasteiger partial charge >= 0.3 is 0 Å². The fraction of sp³-hybridized carbons (Fsp3) is 0.375. The summed E-state index contributed by atoms with van der Waals surface area (Å²) in [4.78, 5) is 11.5. The van der Waals surface area contributed by atoms with Gasteiger partial charge in [-0.1, -0.05) is 208 Å². The van der Waals surface area contributed by atoms with Crippen LogP contribution in [-0.2, 0) is 5.41 Å². The summed E-state index contributed by atoms with van der Waals surface area (Å²) in [6, 6.07) is 40.1. The SMILES string of the molecule is CCCCC(/C=C(\CCC)c1ccc(/C(C)=C/C(CCCC)=C(\C)C(C)(C)C)c2nc(-c3ccccc3)c(-c3ccccc3)nc12)=C(/C)c1ccc(-c2ccc(C(C)(C)C)cc2C)c(C)c1. The molecular weight excluding hydrogens is 797 g/mol. The van der Waals surface area contributed by atoms with Crippen LogP contribution in [0.4, 0.5) is 0 Å². The Kier molecular flexibility index (Phi) is 16.5. The van der Waals surface area contributed by atoms with E-state index >= 15 is 0 Å². The number of benzene rings is 5. The summed E-state index contributed by atoms with van der Waals surface area (Å²) in [5.41, 5.74) is 24.5. The highest BCUT2D eigenvalue weighted by molar-refractivity contribution is 5.99. The lowest BCUT2D eigenvalue weighted by molar-refractivity contribution is 0.496. The zero-order chi connectivity index (χ0) is 47.8. The Hall–Kier alpha value is -5.60. The summed E-state index contributed by atoms with van der Waals surface area (Å²) < 4.78 is 0. The molecule has 1 aromatic heterocycles. The Bertz CT molecular complexity index is 2760. The topological polar surface area (TPSA) is 25.8 Å². The van der Waals surface area contributed by atoms with Crippen molar-refractivity contribution in [3.05, 3.63) is 171 Å². The number of hydrogen-bond donors (Lipinski definition) is 0. The fourth-order valence-corrected chi connectivity index (χ4v) is 9.18. The molecule has 0 radical (unpaired) electrons. The molecule has 0 amide bonds. The van der Waals surface area contributed by atoms with E-state index in [1.165, 1.54) is 72.4 Å². The second kappa shape index (κ2) is 21.8. The van der Waals surface area contributed by atoms with Gasteiger partial charge in [0.25, 0.3) is 0 Å². The van der Waals surface area contributed by atoms with Gasteiger partial charge in [0, 0.05) is 22.3 Å². The lowest BCUT2D eigenvalue weighted by Gasteiger charge is -2.24. The van der Waals surface area contributed by atoms with Crippen LogP contribution in [0.5, 0.6) is 0 Å². The Morgan fingerprint density at radius 2 is 1.05 bits per heavy atom. The van der Waals surface area contributed by atoms with Gasteiger partial charge < -0.3 is 0 Å². The van der Waals surface area contributed by atoms with Crippen molar-refractivity contribution in [2.45, 2.75) is 154 Å². The Labute approximate surface area is 400 Å². The Morgan fingerprint density at radius 1 is 0.530 bits per heavy atom. The van der Waals surface area contributed by atoms with Crippen molar-refractivity contribution in [2.75, 3.05) is 0 Å². The minimum absolute atomic E-state index is 0.0791. The van der Waals surface area contributed by atoms with E-state index in [0.717, 1.165) is 90.5 Å². The second-order valence-electron chi connectivity index (χ2n) is 20.8. The van der Waals surface area contributed by atoms with E-state index in [9.17, 15) is 0 Å². The molecular formula is C64H78N2. The molecule has 6 rings (SSSR count). The van der Waals surface area contributed by atoms with Gasteiger partial charge in [-0.3, -0.25) is 0 Å². The maximum atomic E-state index is 5.76. The van der Waals surface area contributed by atoms with Gasteiger partial charge in [0.1, 0.15) is 0 Å². The van der Waals surface area contributed by atoms with Crippen LogP contribution in [-0.4, -0.2) is 9.97 Å². The van der Waals surface area contributed by atoms with Crippen molar-refractivity contribution in [3.8, 4) is 33.6 Å². The molecule has 0 aliphatic rings. The summed E-state index contributed by atoms with van der Waals surface area (Å²) in [5.74, 6) is 0. The van der Waals surface area contributed by atoms with Crippen molar-refractivity contribution < 1.29 is 0 Å². The fourth-order valence-electron chi connectivity index (χ4n) is 9.18. The van der Waals surface area contributed by atoms with Crippen LogP contribution in [0.15, 0.2) is 138 Å². The lowest BCUT2D eigenvalue weighted by atomic mass is 9.82. The molecule has 0 atom stereocenters. The minimum Gasteiger partial charge on any atom is -0.243 e. The molecule has 1 heterocycles. The molecule has 0 spiro atoms. The first kappa shape index (κ1) is 49.8. The molecule has 0 bridgehead atoms. The van der Waals surface area contributed by atoms with Crippen LogP contribution in [0.25, 0.3) is 61.4 Å². The number of hydrogen-bond acceptors (Lipinski definition) is 2. The van der Waals surface area contributed by atoms with E-state index in [1.54, 1.807) is 0 Å². The molecule has 0 fully saturated rings. The van der Waals surface area contributed by atoms with Gasteiger partial charge in [0.05, 0.1) is 22.4 Å².